The molecular formula is C11H14N2. The fraction of sp³-hybridized carbons (Fsp3) is 0.273. The van der Waals surface area contributed by atoms with Gasteiger partial charge in [0.05, 0.1) is 0 Å². The van der Waals surface area contributed by atoms with E-state index in [0.717, 1.165) is 0 Å². The highest BCUT2D eigenvalue weighted by Crippen LogP contribution is 2.25. The topological polar surface area (TPSA) is 24.1 Å². The van der Waals surface area contributed by atoms with Crippen LogP contribution >= 0.6 is 0 Å². The first-order valence-electron chi connectivity index (χ1n) is 4.49. The van der Waals surface area contributed by atoms with Gasteiger partial charge in [0.2, 0.25) is 0 Å². The van der Waals surface area contributed by atoms with Crippen LogP contribution in [0.1, 0.15) is 12.5 Å². The molecule has 1 heterocycles. The van der Waals surface area contributed by atoms with Gasteiger partial charge >= 0.3 is 0 Å². The molecule has 2 nitrogen and oxygen atoms in total. The summed E-state index contributed by atoms with van der Waals surface area (Å²) in [7, 11) is 1.95. The standard InChI is InChI=1S/C11H14N2/c1-11(12-2)8-7-9-5-3-4-6-10(9)13-11/h3-8,12-13H,1-2H3. The van der Waals surface area contributed by atoms with E-state index >= 15 is 0 Å². The van der Waals surface area contributed by atoms with Crippen LogP contribution in [0.25, 0.3) is 6.08 Å². The number of hydrogen-bond donors (Lipinski definition) is 2. The molecule has 0 amide bonds. The van der Waals surface area contributed by atoms with Crippen LogP contribution in [0.2, 0.25) is 0 Å². The van der Waals surface area contributed by atoms with Crippen LogP contribution in [-0.4, -0.2) is 12.7 Å². The number of benzene rings is 1. The van der Waals surface area contributed by atoms with Gasteiger partial charge in [-0.25, -0.2) is 0 Å². The molecule has 1 aromatic carbocycles. The lowest BCUT2D eigenvalue weighted by Crippen LogP contribution is -2.46. The highest BCUT2D eigenvalue weighted by atomic mass is 15.2. The third-order valence-corrected chi connectivity index (χ3v) is 2.47. The van der Waals surface area contributed by atoms with Crippen molar-refractivity contribution in [3.8, 4) is 0 Å². The third-order valence-electron chi connectivity index (χ3n) is 2.47. The zero-order valence-electron chi connectivity index (χ0n) is 7.96. The normalized spacial score (nSPS) is 25.1. The van der Waals surface area contributed by atoms with Crippen molar-refractivity contribution in [1.82, 2.24) is 5.32 Å². The maximum Gasteiger partial charge on any atom is 0.105 e. The Bertz CT molecular complexity index is 344. The van der Waals surface area contributed by atoms with Gasteiger partial charge in [-0.3, -0.25) is 5.32 Å². The molecule has 2 rings (SSSR count). The summed E-state index contributed by atoms with van der Waals surface area (Å²) in [4.78, 5) is 0. The van der Waals surface area contributed by atoms with E-state index in [1.54, 1.807) is 0 Å². The largest absolute Gasteiger partial charge is 0.364 e. The molecule has 0 radical (unpaired) electrons. The lowest BCUT2D eigenvalue weighted by Gasteiger charge is -2.32. The van der Waals surface area contributed by atoms with Crippen molar-refractivity contribution in [2.24, 2.45) is 0 Å². The van der Waals surface area contributed by atoms with Gasteiger partial charge in [0.25, 0.3) is 0 Å². The van der Waals surface area contributed by atoms with Crippen molar-refractivity contribution >= 4 is 11.8 Å². The maximum absolute atomic E-state index is 3.43. The van der Waals surface area contributed by atoms with E-state index in [1.165, 1.54) is 11.3 Å². The molecule has 0 aromatic heterocycles. The van der Waals surface area contributed by atoms with Crippen molar-refractivity contribution < 1.29 is 0 Å². The van der Waals surface area contributed by atoms with Crippen molar-refractivity contribution in [2.75, 3.05) is 12.4 Å². The fourth-order valence-corrected chi connectivity index (χ4v) is 1.48. The smallest absolute Gasteiger partial charge is 0.105 e. The molecule has 2 N–H and O–H groups in total. The van der Waals surface area contributed by atoms with Crippen molar-refractivity contribution in [2.45, 2.75) is 12.6 Å². The van der Waals surface area contributed by atoms with E-state index in [4.69, 9.17) is 0 Å². The van der Waals surface area contributed by atoms with Gasteiger partial charge in [-0.05, 0) is 31.7 Å². The van der Waals surface area contributed by atoms with Crippen molar-refractivity contribution in [3.05, 3.63) is 35.9 Å². The summed E-state index contributed by atoms with van der Waals surface area (Å²) in [6.45, 7) is 2.11. The van der Waals surface area contributed by atoms with E-state index in [2.05, 4.69) is 41.8 Å². The van der Waals surface area contributed by atoms with E-state index in [0.29, 0.717) is 0 Å². The second kappa shape index (κ2) is 2.89. The molecule has 0 fully saturated rings. The summed E-state index contributed by atoms with van der Waals surface area (Å²) < 4.78 is 0. The van der Waals surface area contributed by atoms with Crippen LogP contribution in [0, 0.1) is 0 Å². The number of likely N-dealkylation sites (N-methyl/N-ethyl adjacent to an activating group) is 1. The molecule has 0 aliphatic carbocycles. The Hall–Kier alpha value is -1.28. The Morgan fingerprint density at radius 3 is 2.85 bits per heavy atom. The predicted molar refractivity (Wildman–Crippen MR) is 56.6 cm³/mol. The molecule has 1 aliphatic heterocycles. The van der Waals surface area contributed by atoms with E-state index < -0.39 is 0 Å². The monoisotopic (exact) mass is 174 g/mol. The van der Waals surface area contributed by atoms with Gasteiger partial charge in [0, 0.05) is 5.69 Å². The van der Waals surface area contributed by atoms with Gasteiger partial charge in [-0.1, -0.05) is 24.3 Å². The molecule has 2 heteroatoms. The summed E-state index contributed by atoms with van der Waals surface area (Å²) >= 11 is 0. The van der Waals surface area contributed by atoms with Crippen LogP contribution < -0.4 is 10.6 Å². The van der Waals surface area contributed by atoms with E-state index in [-0.39, 0.29) is 5.66 Å². The zero-order valence-corrected chi connectivity index (χ0v) is 7.96. The molecule has 1 aliphatic rings. The molecule has 68 valence electrons. The molecule has 1 atom stereocenters. The van der Waals surface area contributed by atoms with Gasteiger partial charge < -0.3 is 5.32 Å². The van der Waals surface area contributed by atoms with Crippen LogP contribution in [0.15, 0.2) is 30.3 Å². The van der Waals surface area contributed by atoms with Gasteiger partial charge in [-0.15, -0.1) is 0 Å². The predicted octanol–water partition coefficient (Wildman–Crippen LogP) is 2.06. The van der Waals surface area contributed by atoms with Gasteiger partial charge in [0.15, 0.2) is 0 Å². The molecular weight excluding hydrogens is 160 g/mol. The van der Waals surface area contributed by atoms with Crippen molar-refractivity contribution in [1.29, 1.82) is 0 Å². The molecule has 1 unspecified atom stereocenters. The van der Waals surface area contributed by atoms with Crippen LogP contribution in [0.3, 0.4) is 0 Å². The highest BCUT2D eigenvalue weighted by molar-refractivity contribution is 5.71. The summed E-state index contributed by atoms with van der Waals surface area (Å²) in [6.07, 6.45) is 4.28. The lowest BCUT2D eigenvalue weighted by molar-refractivity contribution is 0.543. The summed E-state index contributed by atoms with van der Waals surface area (Å²) in [5.41, 5.74) is 2.31. The molecule has 1 aromatic rings. The summed E-state index contributed by atoms with van der Waals surface area (Å²) in [5, 5.41) is 6.65. The van der Waals surface area contributed by atoms with E-state index in [9.17, 15) is 0 Å². The van der Waals surface area contributed by atoms with Crippen LogP contribution in [-0.2, 0) is 0 Å². The molecule has 0 saturated heterocycles. The second-order valence-corrected chi connectivity index (χ2v) is 3.50. The Kier molecular flexibility index (Phi) is 1.85. The first-order chi connectivity index (χ1) is 6.23. The average Bonchev–Trinajstić information content (AvgIpc) is 2.18. The van der Waals surface area contributed by atoms with Crippen LogP contribution in [0.5, 0.6) is 0 Å². The Balaban J connectivity index is 2.39. The van der Waals surface area contributed by atoms with Gasteiger partial charge in [0.1, 0.15) is 5.66 Å². The molecule has 0 spiro atoms. The average molecular weight is 174 g/mol. The minimum atomic E-state index is -0.117. The maximum atomic E-state index is 3.43. The first kappa shape index (κ1) is 8.32. The van der Waals surface area contributed by atoms with Crippen LogP contribution in [0.4, 0.5) is 5.69 Å². The van der Waals surface area contributed by atoms with E-state index in [1.807, 2.05) is 19.2 Å². The SMILES string of the molecule is CNC1(C)C=Cc2ccccc2N1. The Morgan fingerprint density at radius 2 is 2.08 bits per heavy atom. The number of fused-ring (bicyclic) bond motifs is 1. The fourth-order valence-electron chi connectivity index (χ4n) is 1.48. The highest BCUT2D eigenvalue weighted by Gasteiger charge is 2.21. The molecule has 0 saturated carbocycles. The van der Waals surface area contributed by atoms with Crippen molar-refractivity contribution in [3.63, 3.8) is 0 Å². The second-order valence-electron chi connectivity index (χ2n) is 3.50. The Labute approximate surface area is 78.7 Å². The molecule has 0 bridgehead atoms. The number of nitrogens with one attached hydrogen (secondary N) is 2. The third kappa shape index (κ3) is 1.45. The minimum absolute atomic E-state index is 0.117. The number of hydrogen-bond acceptors (Lipinski definition) is 2. The molecule has 13 heavy (non-hydrogen) atoms. The summed E-state index contributed by atoms with van der Waals surface area (Å²) in [6, 6.07) is 8.29. The number of rotatable bonds is 1. The minimum Gasteiger partial charge on any atom is -0.364 e. The quantitative estimate of drug-likeness (QED) is 0.681. The Morgan fingerprint density at radius 1 is 1.31 bits per heavy atom. The zero-order chi connectivity index (χ0) is 9.31. The van der Waals surface area contributed by atoms with Gasteiger partial charge in [-0.2, -0.15) is 0 Å². The first-order valence-corrected chi connectivity index (χ1v) is 4.49. The lowest BCUT2D eigenvalue weighted by atomic mass is 10.0. The number of para-hydroxylation sites is 1. The number of anilines is 1. The summed E-state index contributed by atoms with van der Waals surface area (Å²) in [5.74, 6) is 0.